The minimum Gasteiger partial charge on any atom is -0.292 e. The number of aromatic nitrogens is 3. The number of rotatable bonds is 7. The zero-order valence-corrected chi connectivity index (χ0v) is 32.2. The van der Waals surface area contributed by atoms with Crippen LogP contribution in [0.2, 0.25) is 0 Å². The molecule has 0 unspecified atom stereocenters. The van der Waals surface area contributed by atoms with E-state index in [4.69, 9.17) is 9.97 Å². The van der Waals surface area contributed by atoms with Crippen LogP contribution in [0.3, 0.4) is 0 Å². The lowest BCUT2D eigenvalue weighted by molar-refractivity contribution is 1.10. The van der Waals surface area contributed by atoms with E-state index in [1.165, 1.54) is 27.1 Å². The van der Waals surface area contributed by atoms with Crippen LogP contribution in [0, 0.1) is 0 Å². The smallest absolute Gasteiger partial charge is 0.145 e. The molecule has 11 rings (SSSR count). The van der Waals surface area contributed by atoms with Crippen molar-refractivity contribution in [3.8, 4) is 73.0 Å². The zero-order valence-electron chi connectivity index (χ0n) is 32.2. The van der Waals surface area contributed by atoms with Crippen LogP contribution in [0.25, 0.3) is 106 Å². The molecule has 0 spiro atoms. The van der Waals surface area contributed by atoms with Gasteiger partial charge in [-0.3, -0.25) is 4.57 Å². The molecule has 0 saturated heterocycles. The van der Waals surface area contributed by atoms with Crippen LogP contribution in [0.4, 0.5) is 0 Å². The molecule has 0 aliphatic rings. The van der Waals surface area contributed by atoms with E-state index in [1.807, 2.05) is 6.07 Å². The summed E-state index contributed by atoms with van der Waals surface area (Å²) in [4.78, 5) is 10.5. The number of hydrogen-bond donors (Lipinski definition) is 0. The summed E-state index contributed by atoms with van der Waals surface area (Å²) in [7, 11) is 0. The highest BCUT2D eigenvalue weighted by atomic mass is 15.1. The van der Waals surface area contributed by atoms with Crippen molar-refractivity contribution in [3.63, 3.8) is 0 Å². The van der Waals surface area contributed by atoms with Gasteiger partial charge in [-0.1, -0.05) is 164 Å². The summed E-state index contributed by atoms with van der Waals surface area (Å²) in [5, 5.41) is 4.94. The summed E-state index contributed by atoms with van der Waals surface area (Å²) in [5.74, 6) is 0.913. The lowest BCUT2D eigenvalue weighted by Gasteiger charge is -2.16. The molecule has 2 aromatic heterocycles. The fourth-order valence-corrected chi connectivity index (χ4v) is 8.49. The molecule has 3 nitrogen and oxygen atoms in total. The Balaban J connectivity index is 1.12. The second-order valence-electron chi connectivity index (χ2n) is 15.0. The monoisotopic (exact) mass is 751 g/mol. The number of imidazole rings is 1. The van der Waals surface area contributed by atoms with Crippen LogP contribution in [-0.2, 0) is 0 Å². The average Bonchev–Trinajstić information content (AvgIpc) is 3.72. The third-order valence-electron chi connectivity index (χ3n) is 11.4. The van der Waals surface area contributed by atoms with Gasteiger partial charge in [0.25, 0.3) is 0 Å². The molecule has 0 fully saturated rings. The van der Waals surface area contributed by atoms with Crippen LogP contribution >= 0.6 is 0 Å². The van der Waals surface area contributed by atoms with Gasteiger partial charge in [0.05, 0.1) is 22.4 Å². The molecule has 0 atom stereocenters. The van der Waals surface area contributed by atoms with Crippen molar-refractivity contribution in [1.29, 1.82) is 0 Å². The minimum absolute atomic E-state index is 0.913. The molecule has 11 aromatic rings. The van der Waals surface area contributed by atoms with Gasteiger partial charge in [0.2, 0.25) is 0 Å². The van der Waals surface area contributed by atoms with Crippen molar-refractivity contribution in [2.45, 2.75) is 0 Å². The summed E-state index contributed by atoms with van der Waals surface area (Å²) in [6, 6.07) is 80.0. The van der Waals surface area contributed by atoms with Gasteiger partial charge in [-0.25, -0.2) is 9.97 Å². The van der Waals surface area contributed by atoms with Gasteiger partial charge >= 0.3 is 0 Å². The highest BCUT2D eigenvalue weighted by Gasteiger charge is 2.17. The standard InChI is InChI=1S/C56H37N3/c1-4-16-38(17-5-1)44-36-53(40-18-6-2-7-19-40)57-54(37-44)46-33-43(32-45(34-46)51-35-42-20-10-11-23-48(42)49-24-12-13-25-50(49)51)39-28-30-41(31-29-39)56-58-52-26-14-15-27-55(52)59(56)47-21-8-3-9-22-47/h1-37H. The Labute approximate surface area is 343 Å². The van der Waals surface area contributed by atoms with Crippen LogP contribution in [0.5, 0.6) is 0 Å². The first-order valence-corrected chi connectivity index (χ1v) is 20.1. The Kier molecular flexibility index (Phi) is 8.49. The lowest BCUT2D eigenvalue weighted by atomic mass is 9.89. The second-order valence-corrected chi connectivity index (χ2v) is 15.0. The van der Waals surface area contributed by atoms with Gasteiger partial charge in [-0.15, -0.1) is 0 Å². The predicted molar refractivity (Wildman–Crippen MR) is 246 cm³/mol. The molecule has 2 heterocycles. The van der Waals surface area contributed by atoms with Crippen molar-refractivity contribution in [1.82, 2.24) is 14.5 Å². The number of para-hydroxylation sites is 3. The Hall–Kier alpha value is -7.88. The number of benzene rings is 9. The third kappa shape index (κ3) is 6.36. The molecular weight excluding hydrogens is 715 g/mol. The van der Waals surface area contributed by atoms with Crippen molar-refractivity contribution < 1.29 is 0 Å². The first-order valence-electron chi connectivity index (χ1n) is 20.1. The van der Waals surface area contributed by atoms with E-state index < -0.39 is 0 Å². The molecule has 0 bridgehead atoms. The Morgan fingerprint density at radius 1 is 0.305 bits per heavy atom. The fourth-order valence-electron chi connectivity index (χ4n) is 8.49. The van der Waals surface area contributed by atoms with E-state index in [9.17, 15) is 0 Å². The van der Waals surface area contributed by atoms with Crippen LogP contribution in [0.1, 0.15) is 0 Å². The highest BCUT2D eigenvalue weighted by Crippen LogP contribution is 2.40. The van der Waals surface area contributed by atoms with E-state index in [-0.39, 0.29) is 0 Å². The molecule has 276 valence electrons. The third-order valence-corrected chi connectivity index (χ3v) is 11.4. The van der Waals surface area contributed by atoms with Crippen LogP contribution < -0.4 is 0 Å². The molecule has 0 amide bonds. The number of fused-ring (bicyclic) bond motifs is 4. The van der Waals surface area contributed by atoms with Gasteiger partial charge in [-0.2, -0.15) is 0 Å². The molecule has 0 aliphatic heterocycles. The van der Waals surface area contributed by atoms with Crippen molar-refractivity contribution >= 4 is 32.6 Å². The molecule has 3 heteroatoms. The van der Waals surface area contributed by atoms with Gasteiger partial charge in [0.15, 0.2) is 0 Å². The van der Waals surface area contributed by atoms with Crippen molar-refractivity contribution in [2.75, 3.05) is 0 Å². The van der Waals surface area contributed by atoms with Gasteiger partial charge in [-0.05, 0) is 116 Å². The molecule has 0 saturated carbocycles. The molecule has 59 heavy (non-hydrogen) atoms. The first-order chi connectivity index (χ1) is 29.2. The Morgan fingerprint density at radius 2 is 0.831 bits per heavy atom. The predicted octanol–water partition coefficient (Wildman–Crippen LogP) is 14.7. The normalized spacial score (nSPS) is 11.4. The van der Waals surface area contributed by atoms with E-state index in [0.29, 0.717) is 0 Å². The summed E-state index contributed by atoms with van der Waals surface area (Å²) >= 11 is 0. The second kappa shape index (κ2) is 14.6. The topological polar surface area (TPSA) is 30.7 Å². The Bertz CT molecular complexity index is 3240. The average molecular weight is 752 g/mol. The highest BCUT2D eigenvalue weighted by molar-refractivity contribution is 6.14. The zero-order chi connectivity index (χ0) is 39.1. The number of pyridine rings is 1. The molecule has 9 aromatic carbocycles. The summed E-state index contributed by atoms with van der Waals surface area (Å²) in [6.45, 7) is 0. The Morgan fingerprint density at radius 3 is 1.59 bits per heavy atom. The number of hydrogen-bond acceptors (Lipinski definition) is 2. The minimum atomic E-state index is 0.913. The number of nitrogens with zero attached hydrogens (tertiary/aromatic N) is 3. The molecule has 0 N–H and O–H groups in total. The van der Waals surface area contributed by atoms with E-state index >= 15 is 0 Å². The maximum absolute atomic E-state index is 5.38. The maximum Gasteiger partial charge on any atom is 0.145 e. The van der Waals surface area contributed by atoms with Crippen molar-refractivity contribution in [2.24, 2.45) is 0 Å². The SMILES string of the molecule is c1ccc(-c2cc(-c3ccccc3)nc(-c3cc(-c4ccc(-c5nc6ccccc6n5-c5ccccc5)cc4)cc(-c4cc5ccccc5c5ccccc45)c3)c2)cc1. The van der Waals surface area contributed by atoms with E-state index in [0.717, 1.165) is 78.4 Å². The summed E-state index contributed by atoms with van der Waals surface area (Å²) in [6.07, 6.45) is 0. The molecule has 0 radical (unpaired) electrons. The van der Waals surface area contributed by atoms with E-state index in [2.05, 4.69) is 223 Å². The fraction of sp³-hybridized carbons (Fsp3) is 0. The van der Waals surface area contributed by atoms with Gasteiger partial charge in [0, 0.05) is 22.4 Å². The van der Waals surface area contributed by atoms with Gasteiger partial charge in [0.1, 0.15) is 5.82 Å². The maximum atomic E-state index is 5.38. The quantitative estimate of drug-likeness (QED) is 0.152. The van der Waals surface area contributed by atoms with Crippen LogP contribution in [0.15, 0.2) is 224 Å². The summed E-state index contributed by atoms with van der Waals surface area (Å²) in [5.41, 5.74) is 15.0. The van der Waals surface area contributed by atoms with E-state index in [1.54, 1.807) is 0 Å². The largest absolute Gasteiger partial charge is 0.292 e. The molecule has 0 aliphatic carbocycles. The van der Waals surface area contributed by atoms with Crippen molar-refractivity contribution in [3.05, 3.63) is 224 Å². The van der Waals surface area contributed by atoms with Gasteiger partial charge < -0.3 is 0 Å². The lowest BCUT2D eigenvalue weighted by Crippen LogP contribution is -1.97. The van der Waals surface area contributed by atoms with Crippen LogP contribution in [-0.4, -0.2) is 14.5 Å². The first kappa shape index (κ1) is 34.4. The molecular formula is C56H37N3. The summed E-state index contributed by atoms with van der Waals surface area (Å²) < 4.78 is 2.25.